The Morgan fingerprint density at radius 2 is 1.85 bits per heavy atom. The van der Waals surface area contributed by atoms with Crippen molar-refractivity contribution in [3.8, 4) is 22.8 Å². The summed E-state index contributed by atoms with van der Waals surface area (Å²) >= 11 is 0. The fourth-order valence-electron chi connectivity index (χ4n) is 1.82. The van der Waals surface area contributed by atoms with Gasteiger partial charge in [-0.2, -0.15) is 0 Å². The maximum atomic E-state index is 11.3. The van der Waals surface area contributed by atoms with Crippen molar-refractivity contribution in [2.45, 2.75) is 0 Å². The molecule has 1 aromatic heterocycles. The Labute approximate surface area is 114 Å². The van der Waals surface area contributed by atoms with Gasteiger partial charge in [0.25, 0.3) is 0 Å². The highest BCUT2D eigenvalue weighted by atomic mass is 16.5. The normalized spacial score (nSPS) is 10.1. The number of methoxy groups -OCH3 is 2. The summed E-state index contributed by atoms with van der Waals surface area (Å²) in [6, 6.07) is 5.83. The zero-order valence-electron chi connectivity index (χ0n) is 10.9. The number of furan rings is 1. The number of hydrogen-bond acceptors (Lipinski definition) is 5. The number of rotatable bonds is 5. The highest BCUT2D eigenvalue weighted by Crippen LogP contribution is 2.36. The van der Waals surface area contributed by atoms with E-state index in [0.29, 0.717) is 23.3 Å². The molecule has 0 atom stereocenters. The van der Waals surface area contributed by atoms with Gasteiger partial charge in [-0.25, -0.2) is 4.79 Å². The standard InChI is InChI=1S/C14H12O6/c1-18-12-5-9(11-4-3-8(7-15)20-11)10(14(16)17)6-13(12)19-2/h3-7H,1-2H3,(H,16,17). The topological polar surface area (TPSA) is 86.0 Å². The third-order valence-corrected chi connectivity index (χ3v) is 2.76. The zero-order valence-corrected chi connectivity index (χ0v) is 10.9. The van der Waals surface area contributed by atoms with Crippen molar-refractivity contribution in [2.75, 3.05) is 14.2 Å². The SMILES string of the molecule is COc1cc(C(=O)O)c(-c2ccc(C=O)o2)cc1OC. The van der Waals surface area contributed by atoms with Crippen LogP contribution in [0.4, 0.5) is 0 Å². The lowest BCUT2D eigenvalue weighted by molar-refractivity contribution is 0.0697. The fraction of sp³-hybridized carbons (Fsp3) is 0.143. The van der Waals surface area contributed by atoms with Gasteiger partial charge in [-0.05, 0) is 24.3 Å². The molecule has 0 aliphatic heterocycles. The first-order valence-corrected chi connectivity index (χ1v) is 5.65. The smallest absolute Gasteiger partial charge is 0.336 e. The molecular formula is C14H12O6. The molecule has 0 saturated carbocycles. The van der Waals surface area contributed by atoms with Gasteiger partial charge in [0.1, 0.15) is 5.76 Å². The molecule has 0 bridgehead atoms. The molecule has 20 heavy (non-hydrogen) atoms. The van der Waals surface area contributed by atoms with E-state index in [-0.39, 0.29) is 17.1 Å². The van der Waals surface area contributed by atoms with Gasteiger partial charge in [-0.3, -0.25) is 4.79 Å². The Balaban J connectivity index is 2.66. The van der Waals surface area contributed by atoms with Crippen LogP contribution >= 0.6 is 0 Å². The minimum absolute atomic E-state index is 0.00514. The van der Waals surface area contributed by atoms with Gasteiger partial charge in [0.2, 0.25) is 0 Å². The third kappa shape index (κ3) is 2.35. The zero-order chi connectivity index (χ0) is 14.7. The van der Waals surface area contributed by atoms with Gasteiger partial charge in [0.15, 0.2) is 23.5 Å². The molecule has 1 N–H and O–H groups in total. The van der Waals surface area contributed by atoms with E-state index in [1.54, 1.807) is 0 Å². The second kappa shape index (κ2) is 5.48. The number of carboxylic acids is 1. The lowest BCUT2D eigenvalue weighted by Gasteiger charge is -2.11. The van der Waals surface area contributed by atoms with Gasteiger partial charge in [-0.1, -0.05) is 0 Å². The van der Waals surface area contributed by atoms with Crippen LogP contribution in [0.5, 0.6) is 11.5 Å². The number of hydrogen-bond donors (Lipinski definition) is 1. The van der Waals surface area contributed by atoms with Gasteiger partial charge in [-0.15, -0.1) is 0 Å². The third-order valence-electron chi connectivity index (χ3n) is 2.76. The van der Waals surface area contributed by atoms with Crippen LogP contribution in [-0.2, 0) is 0 Å². The number of aldehydes is 1. The Morgan fingerprint density at radius 3 is 2.35 bits per heavy atom. The summed E-state index contributed by atoms with van der Waals surface area (Å²) in [6.45, 7) is 0. The second-order valence-corrected chi connectivity index (χ2v) is 3.88. The number of benzene rings is 1. The monoisotopic (exact) mass is 276 g/mol. The predicted molar refractivity (Wildman–Crippen MR) is 69.6 cm³/mol. The van der Waals surface area contributed by atoms with E-state index in [1.165, 1.54) is 38.5 Å². The molecule has 6 nitrogen and oxygen atoms in total. The molecule has 0 fully saturated rings. The number of carbonyl (C=O) groups is 2. The summed E-state index contributed by atoms with van der Waals surface area (Å²) in [7, 11) is 2.86. The molecule has 0 aliphatic rings. The summed E-state index contributed by atoms with van der Waals surface area (Å²) in [5.41, 5.74) is 0.303. The Kier molecular flexibility index (Phi) is 3.74. The molecule has 104 valence electrons. The molecule has 1 heterocycles. The van der Waals surface area contributed by atoms with Crippen molar-refractivity contribution in [3.05, 3.63) is 35.6 Å². The maximum Gasteiger partial charge on any atom is 0.336 e. The molecule has 0 radical (unpaired) electrons. The highest BCUT2D eigenvalue weighted by molar-refractivity contribution is 5.96. The van der Waals surface area contributed by atoms with Crippen molar-refractivity contribution in [2.24, 2.45) is 0 Å². The molecule has 0 saturated heterocycles. The van der Waals surface area contributed by atoms with Gasteiger partial charge < -0.3 is 19.0 Å². The fourth-order valence-corrected chi connectivity index (χ4v) is 1.82. The van der Waals surface area contributed by atoms with Crippen LogP contribution in [0.2, 0.25) is 0 Å². The van der Waals surface area contributed by atoms with E-state index < -0.39 is 5.97 Å². The first kappa shape index (κ1) is 13.7. The molecule has 0 spiro atoms. The molecule has 0 aliphatic carbocycles. The quantitative estimate of drug-likeness (QED) is 0.844. The summed E-state index contributed by atoms with van der Waals surface area (Å²) in [4.78, 5) is 22.0. The van der Waals surface area contributed by atoms with Crippen molar-refractivity contribution in [3.63, 3.8) is 0 Å². The summed E-state index contributed by atoms with van der Waals surface area (Å²) in [6.07, 6.45) is 0.546. The summed E-state index contributed by atoms with van der Waals surface area (Å²) in [5, 5.41) is 9.27. The predicted octanol–water partition coefficient (Wildman–Crippen LogP) is 2.47. The average molecular weight is 276 g/mol. The van der Waals surface area contributed by atoms with Crippen molar-refractivity contribution in [1.29, 1.82) is 0 Å². The Morgan fingerprint density at radius 1 is 1.20 bits per heavy atom. The average Bonchev–Trinajstić information content (AvgIpc) is 2.94. The van der Waals surface area contributed by atoms with E-state index in [1.807, 2.05) is 0 Å². The number of carboxylic acid groups (broad SMARTS) is 1. The molecule has 1 aromatic carbocycles. The van der Waals surface area contributed by atoms with Gasteiger partial charge in [0, 0.05) is 5.56 Å². The first-order chi connectivity index (χ1) is 9.60. The minimum Gasteiger partial charge on any atom is -0.493 e. The lowest BCUT2D eigenvalue weighted by atomic mass is 10.0. The highest BCUT2D eigenvalue weighted by Gasteiger charge is 2.19. The van der Waals surface area contributed by atoms with Crippen LogP contribution in [-0.4, -0.2) is 31.6 Å². The molecule has 2 aromatic rings. The van der Waals surface area contributed by atoms with Crippen LogP contribution in [0.25, 0.3) is 11.3 Å². The van der Waals surface area contributed by atoms with E-state index in [0.717, 1.165) is 0 Å². The Bertz CT molecular complexity index is 656. The van der Waals surface area contributed by atoms with Crippen LogP contribution in [0.1, 0.15) is 20.9 Å². The lowest BCUT2D eigenvalue weighted by Crippen LogP contribution is -2.02. The summed E-state index contributed by atoms with van der Waals surface area (Å²) in [5.74, 6) is -0.0750. The van der Waals surface area contributed by atoms with Crippen molar-refractivity contribution < 1.29 is 28.6 Å². The molecule has 0 unspecified atom stereocenters. The van der Waals surface area contributed by atoms with E-state index in [2.05, 4.69) is 0 Å². The van der Waals surface area contributed by atoms with Crippen LogP contribution in [0.3, 0.4) is 0 Å². The molecular weight excluding hydrogens is 264 g/mol. The number of ether oxygens (including phenoxy) is 2. The van der Waals surface area contributed by atoms with Crippen molar-refractivity contribution >= 4 is 12.3 Å². The van der Waals surface area contributed by atoms with Crippen LogP contribution in [0, 0.1) is 0 Å². The maximum absolute atomic E-state index is 11.3. The van der Waals surface area contributed by atoms with Crippen LogP contribution in [0.15, 0.2) is 28.7 Å². The van der Waals surface area contributed by atoms with Crippen molar-refractivity contribution in [1.82, 2.24) is 0 Å². The number of aromatic carboxylic acids is 1. The van der Waals surface area contributed by atoms with E-state index >= 15 is 0 Å². The largest absolute Gasteiger partial charge is 0.493 e. The molecule has 6 heteroatoms. The van der Waals surface area contributed by atoms with E-state index in [9.17, 15) is 14.7 Å². The molecule has 2 rings (SSSR count). The Hall–Kier alpha value is -2.76. The minimum atomic E-state index is -1.13. The first-order valence-electron chi connectivity index (χ1n) is 5.65. The van der Waals surface area contributed by atoms with Gasteiger partial charge >= 0.3 is 5.97 Å². The molecule has 0 amide bonds. The second-order valence-electron chi connectivity index (χ2n) is 3.88. The summed E-state index contributed by atoms with van der Waals surface area (Å²) < 4.78 is 15.5. The van der Waals surface area contributed by atoms with Gasteiger partial charge in [0.05, 0.1) is 19.8 Å². The van der Waals surface area contributed by atoms with E-state index in [4.69, 9.17) is 13.9 Å². The van der Waals surface area contributed by atoms with Crippen LogP contribution < -0.4 is 9.47 Å². The number of carbonyl (C=O) groups excluding carboxylic acids is 1.